The molecule has 3 heterocycles. The fraction of sp³-hybridized carbons (Fsp3) is 0.0833. The van der Waals surface area contributed by atoms with Crippen LogP contribution in [0, 0.1) is 10.1 Å². The quantitative estimate of drug-likeness (QED) is 0.343. The third kappa shape index (κ3) is 3.88. The molecule has 1 atom stereocenters. The Bertz CT molecular complexity index is 1400. The molecule has 1 unspecified atom stereocenters. The van der Waals surface area contributed by atoms with E-state index in [9.17, 15) is 14.9 Å². The number of carbonyl (C=O) groups is 1. The van der Waals surface area contributed by atoms with E-state index < -0.39 is 11.0 Å². The zero-order valence-electron chi connectivity index (χ0n) is 18.0. The number of hydrogen-bond donors (Lipinski definition) is 2. The maximum absolute atomic E-state index is 13.4. The molecule has 168 valence electrons. The van der Waals surface area contributed by atoms with Gasteiger partial charge in [0.15, 0.2) is 5.82 Å². The summed E-state index contributed by atoms with van der Waals surface area (Å²) >= 11 is 0. The number of amides is 1. The Kier molecular flexibility index (Phi) is 5.30. The van der Waals surface area contributed by atoms with Crippen LogP contribution < -0.4 is 10.6 Å². The van der Waals surface area contributed by atoms with Crippen LogP contribution in [0.1, 0.15) is 18.5 Å². The average molecular weight is 453 g/mol. The fourth-order valence-electron chi connectivity index (χ4n) is 3.87. The van der Waals surface area contributed by atoms with Gasteiger partial charge in [0.1, 0.15) is 6.04 Å². The van der Waals surface area contributed by atoms with Gasteiger partial charge in [-0.15, -0.1) is 5.10 Å². The highest BCUT2D eigenvalue weighted by atomic mass is 16.6. The Morgan fingerprint density at radius 2 is 1.85 bits per heavy atom. The minimum absolute atomic E-state index is 0.0172. The summed E-state index contributed by atoms with van der Waals surface area (Å²) in [7, 11) is 0. The van der Waals surface area contributed by atoms with Gasteiger partial charge in [-0.05, 0) is 42.8 Å². The largest absolute Gasteiger partial charge is 0.328 e. The van der Waals surface area contributed by atoms with Gasteiger partial charge in [0, 0.05) is 41.5 Å². The van der Waals surface area contributed by atoms with Crippen LogP contribution in [0.4, 0.5) is 17.3 Å². The molecule has 2 aromatic carbocycles. The van der Waals surface area contributed by atoms with Crippen LogP contribution in [0.3, 0.4) is 0 Å². The second-order valence-electron chi connectivity index (χ2n) is 7.68. The second kappa shape index (κ2) is 8.58. The lowest BCUT2D eigenvalue weighted by atomic mass is 9.96. The standard InChI is InChI=1S/C24H19N7O3/c1-15-20(23(32)27-18-7-3-2-4-8-18)21(17-6-5-13-25-14-17)30-24(26-15)28-22(29-30)16-9-11-19(12-10-16)31(33)34/h2-14,21H,1H3,(H,27,32)(H,26,28,29). The Labute approximate surface area is 194 Å². The number of nitro groups is 1. The molecule has 10 nitrogen and oxygen atoms in total. The first-order chi connectivity index (χ1) is 16.5. The lowest BCUT2D eigenvalue weighted by Crippen LogP contribution is -2.31. The average Bonchev–Trinajstić information content (AvgIpc) is 3.28. The predicted molar refractivity (Wildman–Crippen MR) is 126 cm³/mol. The molecule has 0 radical (unpaired) electrons. The number of rotatable bonds is 5. The molecule has 0 aliphatic carbocycles. The van der Waals surface area contributed by atoms with Crippen LogP contribution in [-0.4, -0.2) is 30.6 Å². The number of nitrogens with zero attached hydrogens (tertiary/aromatic N) is 5. The predicted octanol–water partition coefficient (Wildman–Crippen LogP) is 4.18. The Morgan fingerprint density at radius 3 is 2.53 bits per heavy atom. The van der Waals surface area contributed by atoms with Crippen LogP contribution in [0.15, 0.2) is 90.4 Å². The van der Waals surface area contributed by atoms with Gasteiger partial charge in [-0.3, -0.25) is 19.9 Å². The first kappa shape index (κ1) is 21.0. The minimum Gasteiger partial charge on any atom is -0.328 e. The van der Waals surface area contributed by atoms with E-state index in [1.54, 1.807) is 35.3 Å². The van der Waals surface area contributed by atoms with Crippen LogP contribution in [0.2, 0.25) is 0 Å². The van der Waals surface area contributed by atoms with E-state index in [0.29, 0.717) is 34.3 Å². The van der Waals surface area contributed by atoms with Crippen molar-refractivity contribution in [2.24, 2.45) is 0 Å². The van der Waals surface area contributed by atoms with E-state index >= 15 is 0 Å². The monoisotopic (exact) mass is 453 g/mol. The maximum atomic E-state index is 13.4. The summed E-state index contributed by atoms with van der Waals surface area (Å²) in [6.45, 7) is 1.81. The molecular weight excluding hydrogens is 434 g/mol. The summed E-state index contributed by atoms with van der Waals surface area (Å²) in [6.07, 6.45) is 3.35. The van der Waals surface area contributed by atoms with Crippen molar-refractivity contribution in [3.63, 3.8) is 0 Å². The molecule has 2 N–H and O–H groups in total. The van der Waals surface area contributed by atoms with Crippen LogP contribution in [-0.2, 0) is 4.79 Å². The van der Waals surface area contributed by atoms with Crippen LogP contribution >= 0.6 is 0 Å². The molecule has 0 saturated heterocycles. The van der Waals surface area contributed by atoms with E-state index in [0.717, 1.165) is 5.56 Å². The molecule has 5 rings (SSSR count). The molecule has 4 aromatic rings. The highest BCUT2D eigenvalue weighted by Crippen LogP contribution is 2.36. The van der Waals surface area contributed by atoms with Crippen molar-refractivity contribution in [2.75, 3.05) is 10.6 Å². The zero-order valence-corrected chi connectivity index (χ0v) is 18.0. The maximum Gasteiger partial charge on any atom is 0.269 e. The molecule has 0 saturated carbocycles. The Morgan fingerprint density at radius 1 is 1.09 bits per heavy atom. The van der Waals surface area contributed by atoms with Gasteiger partial charge >= 0.3 is 0 Å². The number of nitro benzene ring substituents is 1. The molecule has 1 amide bonds. The number of nitrogens with one attached hydrogen (secondary N) is 2. The third-order valence-corrected chi connectivity index (χ3v) is 5.47. The smallest absolute Gasteiger partial charge is 0.269 e. The van der Waals surface area contributed by atoms with E-state index in [1.807, 2.05) is 43.3 Å². The number of anilines is 2. The number of pyridine rings is 1. The zero-order chi connectivity index (χ0) is 23.7. The van der Waals surface area contributed by atoms with E-state index in [2.05, 4.69) is 25.7 Å². The molecule has 0 spiro atoms. The van der Waals surface area contributed by atoms with E-state index in [4.69, 9.17) is 0 Å². The highest BCUT2D eigenvalue weighted by molar-refractivity contribution is 6.06. The van der Waals surface area contributed by atoms with E-state index in [-0.39, 0.29) is 11.6 Å². The molecule has 2 aromatic heterocycles. The molecule has 0 fully saturated rings. The molecule has 10 heteroatoms. The lowest BCUT2D eigenvalue weighted by Gasteiger charge is -2.28. The summed E-state index contributed by atoms with van der Waals surface area (Å²) in [5.41, 5.74) is 3.15. The van der Waals surface area contributed by atoms with Crippen molar-refractivity contribution in [1.29, 1.82) is 0 Å². The van der Waals surface area contributed by atoms with Gasteiger partial charge in [0.25, 0.3) is 11.6 Å². The van der Waals surface area contributed by atoms with Crippen molar-refractivity contribution < 1.29 is 9.72 Å². The number of aromatic nitrogens is 4. The summed E-state index contributed by atoms with van der Waals surface area (Å²) < 4.78 is 1.64. The fourth-order valence-corrected chi connectivity index (χ4v) is 3.87. The summed E-state index contributed by atoms with van der Waals surface area (Å²) in [5, 5.41) is 21.8. The van der Waals surface area contributed by atoms with Crippen molar-refractivity contribution in [2.45, 2.75) is 13.0 Å². The Balaban J connectivity index is 1.57. The van der Waals surface area contributed by atoms with Crippen molar-refractivity contribution in [1.82, 2.24) is 19.7 Å². The number of carbonyl (C=O) groups excluding carboxylic acids is 1. The second-order valence-corrected chi connectivity index (χ2v) is 7.68. The molecule has 0 bridgehead atoms. The number of fused-ring (bicyclic) bond motifs is 1. The lowest BCUT2D eigenvalue weighted by molar-refractivity contribution is -0.384. The number of benzene rings is 2. The number of hydrogen-bond acceptors (Lipinski definition) is 7. The first-order valence-electron chi connectivity index (χ1n) is 10.5. The first-order valence-corrected chi connectivity index (χ1v) is 10.5. The van der Waals surface area contributed by atoms with Gasteiger partial charge < -0.3 is 10.6 Å². The summed E-state index contributed by atoms with van der Waals surface area (Å²) in [6, 6.07) is 18.3. The van der Waals surface area contributed by atoms with E-state index in [1.165, 1.54) is 12.1 Å². The summed E-state index contributed by atoms with van der Waals surface area (Å²) in [4.78, 5) is 32.7. The van der Waals surface area contributed by atoms with Gasteiger partial charge in [-0.2, -0.15) is 4.98 Å². The minimum atomic E-state index is -0.576. The topological polar surface area (TPSA) is 128 Å². The third-order valence-electron chi connectivity index (χ3n) is 5.47. The van der Waals surface area contributed by atoms with Crippen LogP contribution in [0.25, 0.3) is 11.4 Å². The number of allylic oxidation sites excluding steroid dienone is 1. The molecular formula is C24H19N7O3. The SMILES string of the molecule is CC1=C(C(=O)Nc2ccccc2)C(c2cccnc2)n2nc(-c3ccc([N+](=O)[O-])cc3)nc2N1. The molecule has 1 aliphatic rings. The van der Waals surface area contributed by atoms with Gasteiger partial charge in [-0.25, -0.2) is 4.68 Å². The van der Waals surface area contributed by atoms with Crippen LogP contribution in [0.5, 0.6) is 0 Å². The molecule has 34 heavy (non-hydrogen) atoms. The van der Waals surface area contributed by atoms with Crippen molar-refractivity contribution in [3.05, 3.63) is 106 Å². The van der Waals surface area contributed by atoms with Gasteiger partial charge in [0.05, 0.1) is 10.5 Å². The normalized spacial score (nSPS) is 14.8. The highest BCUT2D eigenvalue weighted by Gasteiger charge is 2.34. The van der Waals surface area contributed by atoms with Gasteiger partial charge in [-0.1, -0.05) is 24.3 Å². The van der Waals surface area contributed by atoms with Crippen molar-refractivity contribution in [3.8, 4) is 11.4 Å². The Hall–Kier alpha value is -4.86. The summed E-state index contributed by atoms with van der Waals surface area (Å²) in [5.74, 6) is 0.558. The molecule has 1 aliphatic heterocycles. The van der Waals surface area contributed by atoms with Gasteiger partial charge in [0.2, 0.25) is 5.95 Å². The van der Waals surface area contributed by atoms with Crippen molar-refractivity contribution >= 4 is 23.2 Å². The number of non-ortho nitro benzene ring substituents is 1. The number of para-hydroxylation sites is 1.